The van der Waals surface area contributed by atoms with Gasteiger partial charge in [0.25, 0.3) is 5.91 Å². The number of carbonyl (C=O) groups is 1. The summed E-state index contributed by atoms with van der Waals surface area (Å²) in [7, 11) is 0. The molecule has 23 heavy (non-hydrogen) atoms. The van der Waals surface area contributed by atoms with E-state index >= 15 is 0 Å². The number of hydrogen-bond acceptors (Lipinski definition) is 4. The van der Waals surface area contributed by atoms with Crippen molar-refractivity contribution in [2.75, 3.05) is 0 Å². The van der Waals surface area contributed by atoms with Crippen molar-refractivity contribution in [2.45, 2.75) is 45.3 Å². The number of carbonyl (C=O) groups excluding carboxylic acids is 1. The van der Waals surface area contributed by atoms with Crippen LogP contribution in [0, 0.1) is 0 Å². The van der Waals surface area contributed by atoms with Gasteiger partial charge in [-0.15, -0.1) is 0 Å². The molecule has 0 saturated heterocycles. The number of fused-ring (bicyclic) bond motifs is 1. The number of ether oxygens (including phenoxy) is 1. The van der Waals surface area contributed by atoms with Gasteiger partial charge in [0, 0.05) is 18.2 Å². The predicted octanol–water partition coefficient (Wildman–Crippen LogP) is 3.92. The van der Waals surface area contributed by atoms with Crippen molar-refractivity contribution in [2.24, 2.45) is 0 Å². The lowest BCUT2D eigenvalue weighted by Crippen LogP contribution is -2.30. The number of amides is 1. The Morgan fingerprint density at radius 2 is 2.35 bits per heavy atom. The Morgan fingerprint density at radius 3 is 3.09 bits per heavy atom. The quantitative estimate of drug-likeness (QED) is 0.920. The second kappa shape index (κ2) is 6.62. The fourth-order valence-corrected chi connectivity index (χ4v) is 2.95. The summed E-state index contributed by atoms with van der Waals surface area (Å²) < 4.78 is 10.9. The first-order chi connectivity index (χ1) is 11.0. The molecular weight excluding hydrogens is 316 g/mol. The van der Waals surface area contributed by atoms with Crippen LogP contribution in [0.3, 0.4) is 0 Å². The fourth-order valence-electron chi connectivity index (χ4n) is 2.74. The van der Waals surface area contributed by atoms with E-state index in [2.05, 4.69) is 10.3 Å². The van der Waals surface area contributed by atoms with E-state index in [0.717, 1.165) is 30.6 Å². The van der Waals surface area contributed by atoms with Crippen LogP contribution in [0.5, 0.6) is 5.88 Å². The van der Waals surface area contributed by atoms with E-state index in [1.807, 2.05) is 19.9 Å². The van der Waals surface area contributed by atoms with E-state index < -0.39 is 0 Å². The van der Waals surface area contributed by atoms with E-state index in [-0.39, 0.29) is 18.1 Å². The molecule has 6 heteroatoms. The van der Waals surface area contributed by atoms with Crippen molar-refractivity contribution < 1.29 is 13.9 Å². The van der Waals surface area contributed by atoms with Gasteiger partial charge < -0.3 is 14.5 Å². The minimum Gasteiger partial charge on any atom is -0.474 e. The number of halogens is 1. The molecule has 0 radical (unpaired) electrons. The SMILES string of the molecule is CC(C)Oc1ncc(C(=O)NC2CCCc3occc32)cc1Cl. The first-order valence-electron chi connectivity index (χ1n) is 7.74. The lowest BCUT2D eigenvalue weighted by molar-refractivity contribution is 0.0931. The normalized spacial score (nSPS) is 17.0. The van der Waals surface area contributed by atoms with Crippen LogP contribution in [0.4, 0.5) is 0 Å². The van der Waals surface area contributed by atoms with Crippen LogP contribution in [0.1, 0.15) is 54.4 Å². The van der Waals surface area contributed by atoms with E-state index in [1.165, 1.54) is 6.20 Å². The first-order valence-corrected chi connectivity index (χ1v) is 8.11. The maximum atomic E-state index is 12.4. The molecule has 2 aromatic rings. The number of nitrogens with zero attached hydrogens (tertiary/aromatic N) is 1. The van der Waals surface area contributed by atoms with Crippen LogP contribution in [-0.2, 0) is 6.42 Å². The molecule has 0 spiro atoms. The summed E-state index contributed by atoms with van der Waals surface area (Å²) in [5.41, 5.74) is 1.48. The largest absolute Gasteiger partial charge is 0.474 e. The molecule has 2 heterocycles. The predicted molar refractivity (Wildman–Crippen MR) is 86.9 cm³/mol. The highest BCUT2D eigenvalue weighted by Gasteiger charge is 2.24. The Balaban J connectivity index is 1.73. The van der Waals surface area contributed by atoms with Crippen molar-refractivity contribution in [3.63, 3.8) is 0 Å². The van der Waals surface area contributed by atoms with Crippen molar-refractivity contribution >= 4 is 17.5 Å². The monoisotopic (exact) mass is 334 g/mol. The number of pyridine rings is 1. The Bertz CT molecular complexity index is 712. The summed E-state index contributed by atoms with van der Waals surface area (Å²) in [6.45, 7) is 3.79. The van der Waals surface area contributed by atoms with Crippen molar-refractivity contribution in [3.8, 4) is 5.88 Å². The summed E-state index contributed by atoms with van der Waals surface area (Å²) in [5.74, 6) is 1.10. The molecule has 3 rings (SSSR count). The molecule has 1 atom stereocenters. The van der Waals surface area contributed by atoms with E-state index in [1.54, 1.807) is 12.3 Å². The second-order valence-corrected chi connectivity index (χ2v) is 6.30. The minimum absolute atomic E-state index is 0.0265. The number of hydrogen-bond donors (Lipinski definition) is 1. The number of nitrogens with one attached hydrogen (secondary N) is 1. The Morgan fingerprint density at radius 1 is 1.52 bits per heavy atom. The number of aromatic nitrogens is 1. The van der Waals surface area contributed by atoms with Gasteiger partial charge in [0.1, 0.15) is 10.8 Å². The second-order valence-electron chi connectivity index (χ2n) is 5.89. The van der Waals surface area contributed by atoms with Gasteiger partial charge in [0.15, 0.2) is 0 Å². The van der Waals surface area contributed by atoms with Gasteiger partial charge in [-0.2, -0.15) is 0 Å². The molecule has 1 aliphatic carbocycles. The number of aryl methyl sites for hydroxylation is 1. The van der Waals surface area contributed by atoms with Gasteiger partial charge >= 0.3 is 0 Å². The van der Waals surface area contributed by atoms with E-state index in [4.69, 9.17) is 20.8 Å². The summed E-state index contributed by atoms with van der Waals surface area (Å²) >= 11 is 6.14. The molecule has 1 aliphatic rings. The average Bonchev–Trinajstić information content (AvgIpc) is 2.98. The molecule has 0 saturated carbocycles. The molecular formula is C17H19ClN2O3. The smallest absolute Gasteiger partial charge is 0.253 e. The zero-order valence-electron chi connectivity index (χ0n) is 13.1. The zero-order chi connectivity index (χ0) is 16.4. The molecule has 2 aromatic heterocycles. The third-order valence-electron chi connectivity index (χ3n) is 3.77. The molecule has 1 unspecified atom stereocenters. The summed E-state index contributed by atoms with van der Waals surface area (Å²) in [5, 5.41) is 3.36. The van der Waals surface area contributed by atoms with Gasteiger partial charge in [0.2, 0.25) is 5.88 Å². The van der Waals surface area contributed by atoms with E-state index in [9.17, 15) is 4.79 Å². The van der Waals surface area contributed by atoms with E-state index in [0.29, 0.717) is 16.5 Å². The Hall–Kier alpha value is -2.01. The van der Waals surface area contributed by atoms with Crippen LogP contribution in [0.2, 0.25) is 5.02 Å². The van der Waals surface area contributed by atoms with Gasteiger partial charge in [0.05, 0.1) is 24.0 Å². The van der Waals surface area contributed by atoms with Gasteiger partial charge in [-0.3, -0.25) is 4.79 Å². The van der Waals surface area contributed by atoms with Crippen molar-refractivity contribution in [1.82, 2.24) is 10.3 Å². The summed E-state index contributed by atoms with van der Waals surface area (Å²) in [6, 6.07) is 3.47. The third kappa shape index (κ3) is 3.50. The first kappa shape index (κ1) is 15.9. The molecule has 0 aromatic carbocycles. The third-order valence-corrected chi connectivity index (χ3v) is 4.04. The lowest BCUT2D eigenvalue weighted by Gasteiger charge is -2.22. The maximum absolute atomic E-state index is 12.4. The molecule has 0 aliphatic heterocycles. The van der Waals surface area contributed by atoms with Crippen LogP contribution in [-0.4, -0.2) is 17.0 Å². The molecule has 0 bridgehead atoms. The topological polar surface area (TPSA) is 64.4 Å². The van der Waals surface area contributed by atoms with Crippen molar-refractivity contribution in [3.05, 3.63) is 46.5 Å². The molecule has 1 N–H and O–H groups in total. The van der Waals surface area contributed by atoms with Crippen LogP contribution in [0.15, 0.2) is 29.0 Å². The zero-order valence-corrected chi connectivity index (χ0v) is 13.9. The van der Waals surface area contributed by atoms with Crippen LogP contribution < -0.4 is 10.1 Å². The fraction of sp³-hybridized carbons (Fsp3) is 0.412. The Kier molecular flexibility index (Phi) is 4.57. The van der Waals surface area contributed by atoms with Crippen molar-refractivity contribution in [1.29, 1.82) is 0 Å². The van der Waals surface area contributed by atoms with Crippen LogP contribution >= 0.6 is 11.6 Å². The molecule has 122 valence electrons. The highest BCUT2D eigenvalue weighted by Crippen LogP contribution is 2.31. The standard InChI is InChI=1S/C17H19ClN2O3/c1-10(2)23-17-13(18)8-11(9-19-17)16(21)20-14-4-3-5-15-12(14)6-7-22-15/h6-10,14H,3-5H2,1-2H3,(H,20,21). The Labute approximate surface area is 140 Å². The number of furan rings is 1. The highest BCUT2D eigenvalue weighted by molar-refractivity contribution is 6.32. The highest BCUT2D eigenvalue weighted by atomic mass is 35.5. The molecule has 5 nitrogen and oxygen atoms in total. The average molecular weight is 335 g/mol. The molecule has 0 fully saturated rings. The van der Waals surface area contributed by atoms with Crippen LogP contribution in [0.25, 0.3) is 0 Å². The number of rotatable bonds is 4. The summed E-state index contributed by atoms with van der Waals surface area (Å²) in [6.07, 6.45) is 5.94. The van der Waals surface area contributed by atoms with Gasteiger partial charge in [-0.25, -0.2) is 4.98 Å². The summed E-state index contributed by atoms with van der Waals surface area (Å²) in [4.78, 5) is 16.6. The minimum atomic E-state index is -0.199. The van der Waals surface area contributed by atoms with Gasteiger partial charge in [-0.1, -0.05) is 11.6 Å². The lowest BCUT2D eigenvalue weighted by atomic mass is 9.93. The maximum Gasteiger partial charge on any atom is 0.253 e. The molecule has 1 amide bonds. The van der Waals surface area contributed by atoms with Gasteiger partial charge in [-0.05, 0) is 38.8 Å².